The van der Waals surface area contributed by atoms with Crippen molar-refractivity contribution in [3.8, 4) is 6.07 Å². The molecule has 20 heavy (non-hydrogen) atoms. The van der Waals surface area contributed by atoms with Gasteiger partial charge in [-0.1, -0.05) is 0 Å². The molecule has 0 unspecified atom stereocenters. The number of aromatic nitrogens is 2. The topological polar surface area (TPSA) is 41.6 Å². The second-order valence-corrected chi connectivity index (χ2v) is 4.61. The van der Waals surface area contributed by atoms with Crippen LogP contribution < -0.4 is 0 Å². The van der Waals surface area contributed by atoms with Gasteiger partial charge in [0.15, 0.2) is 0 Å². The molecule has 0 atom stereocenters. The summed E-state index contributed by atoms with van der Waals surface area (Å²) in [6.45, 7) is 0.198. The Morgan fingerprint density at radius 2 is 2.10 bits per heavy atom. The summed E-state index contributed by atoms with van der Waals surface area (Å²) in [5.41, 5.74) is 1.73. The number of alkyl halides is 4. The van der Waals surface area contributed by atoms with Crippen molar-refractivity contribution in [2.45, 2.75) is 31.4 Å². The second-order valence-electron chi connectivity index (χ2n) is 4.35. The summed E-state index contributed by atoms with van der Waals surface area (Å²) >= 11 is 5.78. The molecule has 0 fully saturated rings. The van der Waals surface area contributed by atoms with Crippen LogP contribution in [0.1, 0.15) is 24.2 Å². The largest absolute Gasteiger partial charge is 0.389 e. The van der Waals surface area contributed by atoms with Crippen molar-refractivity contribution in [3.05, 3.63) is 29.6 Å². The molecule has 2 rings (SSSR count). The van der Waals surface area contributed by atoms with E-state index in [2.05, 4.69) is 4.98 Å². The average Bonchev–Trinajstić information content (AvgIpc) is 2.74. The lowest BCUT2D eigenvalue weighted by Crippen LogP contribution is -2.10. The lowest BCUT2D eigenvalue weighted by atomic mass is 10.2. The fourth-order valence-corrected chi connectivity index (χ4v) is 2.24. The fraction of sp³-hybridized carbons (Fsp3) is 0.385. The van der Waals surface area contributed by atoms with Crippen LogP contribution in [0.25, 0.3) is 11.0 Å². The summed E-state index contributed by atoms with van der Waals surface area (Å²) in [5, 5.41) is 8.83. The first-order valence-electron chi connectivity index (χ1n) is 5.96. The molecule has 0 aliphatic rings. The highest BCUT2D eigenvalue weighted by molar-refractivity contribution is 6.16. The van der Waals surface area contributed by atoms with E-state index in [0.717, 1.165) is 0 Å². The Morgan fingerprint density at radius 3 is 2.70 bits per heavy atom. The first kappa shape index (κ1) is 14.7. The third-order valence-corrected chi connectivity index (χ3v) is 3.16. The number of fused-ring (bicyclic) bond motifs is 1. The molecule has 0 aliphatic carbocycles. The van der Waals surface area contributed by atoms with Gasteiger partial charge in [-0.25, -0.2) is 4.98 Å². The molecule has 1 aromatic heterocycles. The van der Waals surface area contributed by atoms with Gasteiger partial charge in [0.25, 0.3) is 0 Å². The number of imidazole rings is 1. The number of nitrogens with zero attached hydrogens (tertiary/aromatic N) is 3. The Morgan fingerprint density at radius 1 is 1.35 bits per heavy atom. The van der Waals surface area contributed by atoms with Crippen LogP contribution in [0.3, 0.4) is 0 Å². The highest BCUT2D eigenvalue weighted by Gasteiger charge is 2.26. The maximum absolute atomic E-state index is 12.2. The minimum Gasteiger partial charge on any atom is -0.327 e. The SMILES string of the molecule is N#Cc1ccc2c(c1)nc(CCl)n2CCCC(F)(F)F. The third-order valence-electron chi connectivity index (χ3n) is 2.92. The van der Waals surface area contributed by atoms with Gasteiger partial charge in [0.1, 0.15) is 5.82 Å². The second kappa shape index (κ2) is 5.71. The van der Waals surface area contributed by atoms with E-state index in [0.29, 0.717) is 22.4 Å². The Bertz CT molecular complexity index is 655. The van der Waals surface area contributed by atoms with Gasteiger partial charge >= 0.3 is 6.18 Å². The lowest BCUT2D eigenvalue weighted by Gasteiger charge is -2.09. The van der Waals surface area contributed by atoms with E-state index in [-0.39, 0.29) is 18.8 Å². The van der Waals surface area contributed by atoms with Gasteiger partial charge in [-0.3, -0.25) is 0 Å². The van der Waals surface area contributed by atoms with Crippen molar-refractivity contribution >= 4 is 22.6 Å². The maximum Gasteiger partial charge on any atom is 0.389 e. The van der Waals surface area contributed by atoms with Crippen molar-refractivity contribution in [2.75, 3.05) is 0 Å². The van der Waals surface area contributed by atoms with Gasteiger partial charge in [-0.2, -0.15) is 18.4 Å². The van der Waals surface area contributed by atoms with E-state index >= 15 is 0 Å². The molecule has 0 radical (unpaired) electrons. The zero-order chi connectivity index (χ0) is 14.8. The van der Waals surface area contributed by atoms with Gasteiger partial charge in [-0.15, -0.1) is 11.6 Å². The molecule has 0 saturated heterocycles. The minimum atomic E-state index is -4.16. The molecular weight excluding hydrogens is 291 g/mol. The molecule has 0 spiro atoms. The van der Waals surface area contributed by atoms with Crippen LogP contribution in [0.5, 0.6) is 0 Å². The summed E-state index contributed by atoms with van der Waals surface area (Å²) in [6.07, 6.45) is -5.03. The summed E-state index contributed by atoms with van der Waals surface area (Å²) < 4.78 is 38.3. The Hall–Kier alpha value is -1.74. The number of aryl methyl sites for hydroxylation is 1. The molecule has 0 bridgehead atoms. The van der Waals surface area contributed by atoms with Gasteiger partial charge in [0.2, 0.25) is 0 Å². The maximum atomic E-state index is 12.2. The van der Waals surface area contributed by atoms with Crippen LogP contribution in [0, 0.1) is 11.3 Å². The molecule has 1 aromatic carbocycles. The Kier molecular flexibility index (Phi) is 4.19. The highest BCUT2D eigenvalue weighted by atomic mass is 35.5. The molecule has 7 heteroatoms. The number of rotatable bonds is 4. The van der Waals surface area contributed by atoms with Gasteiger partial charge < -0.3 is 4.57 Å². The van der Waals surface area contributed by atoms with Crippen molar-refractivity contribution in [1.29, 1.82) is 5.26 Å². The number of nitriles is 1. The lowest BCUT2D eigenvalue weighted by molar-refractivity contribution is -0.135. The predicted octanol–water partition coefficient (Wildman–Crippen LogP) is 3.99. The summed E-state index contributed by atoms with van der Waals surface area (Å²) in [5.74, 6) is 0.627. The first-order chi connectivity index (χ1) is 9.44. The van der Waals surface area contributed by atoms with Gasteiger partial charge in [0, 0.05) is 13.0 Å². The zero-order valence-corrected chi connectivity index (χ0v) is 11.2. The number of hydrogen-bond donors (Lipinski definition) is 0. The highest BCUT2D eigenvalue weighted by Crippen LogP contribution is 2.24. The van der Waals surface area contributed by atoms with E-state index < -0.39 is 12.6 Å². The Balaban J connectivity index is 2.29. The first-order valence-corrected chi connectivity index (χ1v) is 6.50. The number of halogens is 4. The van der Waals surface area contributed by atoms with E-state index in [1.54, 1.807) is 22.8 Å². The Labute approximate surface area is 118 Å². The smallest absolute Gasteiger partial charge is 0.327 e. The average molecular weight is 302 g/mol. The number of hydrogen-bond acceptors (Lipinski definition) is 2. The van der Waals surface area contributed by atoms with E-state index in [1.807, 2.05) is 6.07 Å². The molecule has 1 heterocycles. The van der Waals surface area contributed by atoms with E-state index in [1.165, 1.54) is 0 Å². The molecule has 0 saturated carbocycles. The monoisotopic (exact) mass is 301 g/mol. The van der Waals surface area contributed by atoms with Crippen molar-refractivity contribution < 1.29 is 13.2 Å². The van der Waals surface area contributed by atoms with Crippen LogP contribution >= 0.6 is 11.6 Å². The fourth-order valence-electron chi connectivity index (χ4n) is 2.04. The molecule has 0 N–H and O–H groups in total. The summed E-state index contributed by atoms with van der Waals surface area (Å²) in [6, 6.07) is 6.90. The molecule has 106 valence electrons. The quantitative estimate of drug-likeness (QED) is 0.801. The number of benzene rings is 1. The minimum absolute atomic E-state index is 0.0289. The van der Waals surface area contributed by atoms with Crippen LogP contribution in [-0.2, 0) is 12.4 Å². The van der Waals surface area contributed by atoms with E-state index in [4.69, 9.17) is 16.9 Å². The molecule has 0 aliphatic heterocycles. The van der Waals surface area contributed by atoms with Crippen LogP contribution in [0.4, 0.5) is 13.2 Å². The normalized spacial score (nSPS) is 11.8. The summed E-state index contributed by atoms with van der Waals surface area (Å²) in [4.78, 5) is 4.25. The van der Waals surface area contributed by atoms with Crippen molar-refractivity contribution in [2.24, 2.45) is 0 Å². The van der Waals surface area contributed by atoms with E-state index in [9.17, 15) is 13.2 Å². The standard InChI is InChI=1S/C13H11ClF3N3/c14-7-12-19-10-6-9(8-18)2-3-11(10)20(12)5-1-4-13(15,16)17/h2-3,6H,1,4-5,7H2. The van der Waals surface area contributed by atoms with Gasteiger partial charge in [0.05, 0.1) is 28.5 Å². The molecular formula is C13H11ClF3N3. The van der Waals surface area contributed by atoms with Crippen LogP contribution in [-0.4, -0.2) is 15.7 Å². The molecule has 0 amide bonds. The molecule has 3 nitrogen and oxygen atoms in total. The van der Waals surface area contributed by atoms with Crippen molar-refractivity contribution in [1.82, 2.24) is 9.55 Å². The third kappa shape index (κ3) is 3.23. The molecule has 2 aromatic rings. The van der Waals surface area contributed by atoms with Crippen LogP contribution in [0.15, 0.2) is 18.2 Å². The predicted molar refractivity (Wildman–Crippen MR) is 69.3 cm³/mol. The van der Waals surface area contributed by atoms with Gasteiger partial charge in [-0.05, 0) is 24.6 Å². The zero-order valence-electron chi connectivity index (χ0n) is 10.4. The van der Waals surface area contributed by atoms with Crippen LogP contribution in [0.2, 0.25) is 0 Å². The summed E-state index contributed by atoms with van der Waals surface area (Å²) in [7, 11) is 0. The van der Waals surface area contributed by atoms with Crippen molar-refractivity contribution in [3.63, 3.8) is 0 Å².